The van der Waals surface area contributed by atoms with Crippen LogP contribution in [0.4, 0.5) is 0 Å². The summed E-state index contributed by atoms with van der Waals surface area (Å²) in [7, 11) is 8.87. The van der Waals surface area contributed by atoms with E-state index in [1.807, 2.05) is 12.3 Å². The molecule has 1 nitrogen and oxygen atoms in total. The first-order valence-electron chi connectivity index (χ1n) is 7.75. The van der Waals surface area contributed by atoms with E-state index in [2.05, 4.69) is 91.6 Å². The second-order valence-corrected chi connectivity index (χ2v) is 10.3. The minimum absolute atomic E-state index is 0.0285. The summed E-state index contributed by atoms with van der Waals surface area (Å²) in [6.45, 7) is 4.61. The fraction of sp³-hybridized carbons (Fsp3) is 0.150. The molecule has 0 saturated carbocycles. The fourth-order valence-electron chi connectivity index (χ4n) is 2.79. The topological polar surface area (TPSA) is 12.9 Å². The van der Waals surface area contributed by atoms with Gasteiger partial charge in [0, 0.05) is 11.4 Å². The summed E-state index contributed by atoms with van der Waals surface area (Å²) in [4.78, 5) is 4.64. The summed E-state index contributed by atoms with van der Waals surface area (Å²) in [6.07, 6.45) is 1.89. The molecule has 134 valence electrons. The molecule has 0 unspecified atom stereocenters. The van der Waals surface area contributed by atoms with Crippen LogP contribution in [0.15, 0.2) is 85.1 Å². The number of pyridine rings is 1. The predicted molar refractivity (Wildman–Crippen MR) is 108 cm³/mol. The van der Waals surface area contributed by atoms with E-state index >= 15 is 0 Å². The molecular weight excluding hydrogens is 415 g/mol. The van der Waals surface area contributed by atoms with Gasteiger partial charge in [0.25, 0.3) is 0 Å². The Hall–Kier alpha value is -0.906. The summed E-state index contributed by atoms with van der Waals surface area (Å²) < 4.78 is 0. The second-order valence-electron chi connectivity index (χ2n) is 5.83. The van der Waals surface area contributed by atoms with E-state index in [-0.39, 0.29) is 5.16 Å². The SMILES string of the molecule is CC(C)(c1ccccn1)P(c1ccccc1)c1ccccc1.[Cl][Ni][Cl]. The van der Waals surface area contributed by atoms with Gasteiger partial charge in [0.1, 0.15) is 0 Å². The maximum atomic E-state index is 4.70. The second kappa shape index (κ2) is 10.3. The molecule has 0 fully saturated rings. The zero-order chi connectivity index (χ0) is 18.1. The summed E-state index contributed by atoms with van der Waals surface area (Å²) in [5, 5.41) is 2.75. The fourth-order valence-corrected chi connectivity index (χ4v) is 5.68. The molecule has 0 bridgehead atoms. The van der Waals surface area contributed by atoms with Gasteiger partial charge < -0.3 is 0 Å². The molecule has 1 aromatic heterocycles. The van der Waals surface area contributed by atoms with Gasteiger partial charge in [-0.25, -0.2) is 0 Å². The number of hydrogen-bond acceptors (Lipinski definition) is 1. The number of benzene rings is 2. The maximum absolute atomic E-state index is 4.70. The normalized spacial score (nSPS) is 11.1. The number of aromatic nitrogens is 1. The number of hydrogen-bond donors (Lipinski definition) is 0. The third kappa shape index (κ3) is 5.53. The van der Waals surface area contributed by atoms with Crippen molar-refractivity contribution in [2.75, 3.05) is 0 Å². The molecule has 25 heavy (non-hydrogen) atoms. The monoisotopic (exact) mass is 433 g/mol. The van der Waals surface area contributed by atoms with Crippen LogP contribution in [0.2, 0.25) is 0 Å². The van der Waals surface area contributed by atoms with E-state index in [1.54, 1.807) is 0 Å². The summed E-state index contributed by atoms with van der Waals surface area (Å²) in [5.74, 6) is 0. The number of rotatable bonds is 4. The van der Waals surface area contributed by atoms with Crippen LogP contribution in [0.3, 0.4) is 0 Å². The van der Waals surface area contributed by atoms with Gasteiger partial charge in [-0.05, 0) is 44.5 Å². The molecular formula is C20H20Cl2NNiP. The van der Waals surface area contributed by atoms with Gasteiger partial charge in [-0.2, -0.15) is 0 Å². The van der Waals surface area contributed by atoms with Crippen LogP contribution < -0.4 is 10.6 Å². The van der Waals surface area contributed by atoms with Crippen LogP contribution in [0.1, 0.15) is 19.5 Å². The number of nitrogens with zero attached hydrogens (tertiary/aromatic N) is 1. The zero-order valence-corrected chi connectivity index (χ0v) is 17.4. The Morgan fingerprint density at radius 2 is 1.20 bits per heavy atom. The van der Waals surface area contributed by atoms with Crippen molar-refractivity contribution in [1.29, 1.82) is 0 Å². The van der Waals surface area contributed by atoms with Crippen molar-refractivity contribution < 1.29 is 12.7 Å². The van der Waals surface area contributed by atoms with E-state index in [1.165, 1.54) is 10.6 Å². The third-order valence-corrected chi connectivity index (χ3v) is 6.86. The molecule has 0 atom stereocenters. The molecule has 0 aliphatic heterocycles. The minimum atomic E-state index is -0.533. The van der Waals surface area contributed by atoms with Crippen LogP contribution in [-0.2, 0) is 17.8 Å². The summed E-state index contributed by atoms with van der Waals surface area (Å²) in [6, 6.07) is 27.8. The van der Waals surface area contributed by atoms with Crippen molar-refractivity contribution in [3.05, 3.63) is 90.8 Å². The van der Waals surface area contributed by atoms with Crippen molar-refractivity contribution in [2.24, 2.45) is 0 Å². The van der Waals surface area contributed by atoms with Crippen molar-refractivity contribution in [3.63, 3.8) is 0 Å². The van der Waals surface area contributed by atoms with E-state index < -0.39 is 7.92 Å². The van der Waals surface area contributed by atoms with Crippen LogP contribution in [0.25, 0.3) is 0 Å². The molecule has 5 heteroatoms. The van der Waals surface area contributed by atoms with E-state index in [4.69, 9.17) is 20.4 Å². The van der Waals surface area contributed by atoms with Crippen LogP contribution in [0.5, 0.6) is 0 Å². The first-order valence-corrected chi connectivity index (χ1v) is 11.8. The van der Waals surface area contributed by atoms with Crippen LogP contribution in [0, 0.1) is 0 Å². The van der Waals surface area contributed by atoms with Crippen molar-refractivity contribution in [3.8, 4) is 0 Å². The molecule has 0 radical (unpaired) electrons. The molecule has 2 aromatic carbocycles. The average molecular weight is 435 g/mol. The predicted octanol–water partition coefficient (Wildman–Crippen LogP) is 5.83. The van der Waals surface area contributed by atoms with Gasteiger partial charge in [-0.1, -0.05) is 66.7 Å². The third-order valence-electron chi connectivity index (χ3n) is 3.88. The van der Waals surface area contributed by atoms with E-state index in [0.29, 0.717) is 12.7 Å². The van der Waals surface area contributed by atoms with Crippen molar-refractivity contribution in [1.82, 2.24) is 4.98 Å². The average Bonchev–Trinajstić information content (AvgIpc) is 2.65. The van der Waals surface area contributed by atoms with Crippen molar-refractivity contribution >= 4 is 38.9 Å². The van der Waals surface area contributed by atoms with Crippen LogP contribution >= 0.6 is 28.3 Å². The molecule has 3 rings (SSSR count). The summed E-state index contributed by atoms with van der Waals surface area (Å²) >= 11 is 0.569. The Labute approximate surface area is 165 Å². The van der Waals surface area contributed by atoms with Gasteiger partial charge in [0.05, 0.1) is 5.69 Å². The molecule has 1 heterocycles. The summed E-state index contributed by atoms with van der Waals surface area (Å²) in [5.41, 5.74) is 1.15. The van der Waals surface area contributed by atoms with Crippen LogP contribution in [-0.4, -0.2) is 4.98 Å². The van der Waals surface area contributed by atoms with Gasteiger partial charge >= 0.3 is 33.0 Å². The molecule has 0 saturated heterocycles. The van der Waals surface area contributed by atoms with E-state index in [9.17, 15) is 0 Å². The van der Waals surface area contributed by atoms with Crippen molar-refractivity contribution in [2.45, 2.75) is 19.0 Å². The van der Waals surface area contributed by atoms with E-state index in [0.717, 1.165) is 5.69 Å². The first-order chi connectivity index (χ1) is 12.1. The molecule has 3 aromatic rings. The number of halogens is 2. The Kier molecular flexibility index (Phi) is 8.40. The Bertz CT molecular complexity index is 700. The molecule has 0 aliphatic rings. The Balaban J connectivity index is 0.000000701. The van der Waals surface area contributed by atoms with Gasteiger partial charge in [0.2, 0.25) is 0 Å². The van der Waals surface area contributed by atoms with Gasteiger partial charge in [-0.3, -0.25) is 4.98 Å². The molecule has 0 amide bonds. The zero-order valence-electron chi connectivity index (χ0n) is 14.0. The quantitative estimate of drug-likeness (QED) is 0.372. The Morgan fingerprint density at radius 3 is 1.60 bits per heavy atom. The van der Waals surface area contributed by atoms with Gasteiger partial charge in [0.15, 0.2) is 0 Å². The molecule has 0 aliphatic carbocycles. The molecule has 0 spiro atoms. The Morgan fingerprint density at radius 1 is 0.760 bits per heavy atom. The first kappa shape index (κ1) is 20.4. The standard InChI is InChI=1S/C20H20NP.2ClH.Ni/c1-20(2,19-15-9-10-16-21-19)22(17-11-5-3-6-12-17)18-13-7-4-8-14-18;;;/h3-16H,1-2H3;2*1H;/q;;;+2/p-2. The molecule has 0 N–H and O–H groups in total. The van der Waals surface area contributed by atoms with Gasteiger partial charge in [-0.15, -0.1) is 0 Å².